The Morgan fingerprint density at radius 2 is 2.22 bits per heavy atom. The Kier molecular flexibility index (Phi) is 3.88. The highest BCUT2D eigenvalue weighted by Gasteiger charge is 2.22. The molecule has 0 spiro atoms. The summed E-state index contributed by atoms with van der Waals surface area (Å²) in [7, 11) is 3.23. The van der Waals surface area contributed by atoms with Crippen molar-refractivity contribution in [2.45, 2.75) is 13.0 Å². The van der Waals surface area contributed by atoms with E-state index in [1.807, 2.05) is 6.92 Å². The number of hydrogen-bond donors (Lipinski definition) is 1. The average molecular weight is 267 g/mol. The third-order valence-corrected chi connectivity index (χ3v) is 3.65. The minimum atomic E-state index is -0.354. The number of methoxy groups -OCH3 is 1. The average Bonchev–Trinajstić information content (AvgIpc) is 2.79. The number of rotatable bonds is 4. The van der Waals surface area contributed by atoms with Crippen molar-refractivity contribution < 1.29 is 9.13 Å². The lowest BCUT2D eigenvalue weighted by Crippen LogP contribution is -2.19. The fourth-order valence-electron chi connectivity index (χ4n) is 1.84. The molecule has 0 saturated heterocycles. The van der Waals surface area contributed by atoms with Gasteiger partial charge in [0.1, 0.15) is 0 Å². The number of aryl methyl sites for hydroxylation is 1. The smallest absolute Gasteiger partial charge is 0.170 e. The number of aromatic nitrogens is 2. The number of ether oxygens (including phenoxy) is 1. The number of benzene rings is 1. The molecular weight excluding hydrogens is 253 g/mol. The number of nitrogens with zero attached hydrogens (tertiary/aromatic N) is 2. The van der Waals surface area contributed by atoms with Gasteiger partial charge in [-0.2, -0.15) is 0 Å². The van der Waals surface area contributed by atoms with Gasteiger partial charge in [0, 0.05) is 5.56 Å². The Labute approximate surface area is 109 Å². The zero-order chi connectivity index (χ0) is 13.1. The van der Waals surface area contributed by atoms with Crippen LogP contribution < -0.4 is 10.1 Å². The van der Waals surface area contributed by atoms with Crippen molar-refractivity contribution in [3.8, 4) is 5.75 Å². The van der Waals surface area contributed by atoms with Crippen LogP contribution in [0.2, 0.25) is 0 Å². The molecule has 0 aliphatic carbocycles. The molecule has 1 atom stereocenters. The first-order valence-corrected chi connectivity index (χ1v) is 6.25. The zero-order valence-corrected chi connectivity index (χ0v) is 11.2. The molecule has 2 aromatic rings. The van der Waals surface area contributed by atoms with E-state index in [9.17, 15) is 4.39 Å². The summed E-state index contributed by atoms with van der Waals surface area (Å²) in [6.45, 7) is 1.86. The summed E-state index contributed by atoms with van der Waals surface area (Å²) in [5.74, 6) is -0.116. The third kappa shape index (κ3) is 2.21. The minimum absolute atomic E-state index is 0.239. The number of nitrogens with one attached hydrogen (secondary N) is 1. The molecular formula is C12H14FN3OS. The zero-order valence-electron chi connectivity index (χ0n) is 10.4. The topological polar surface area (TPSA) is 47.0 Å². The van der Waals surface area contributed by atoms with Gasteiger partial charge in [0.15, 0.2) is 11.6 Å². The lowest BCUT2D eigenvalue weighted by molar-refractivity contribution is 0.382. The highest BCUT2D eigenvalue weighted by molar-refractivity contribution is 7.05. The summed E-state index contributed by atoms with van der Waals surface area (Å²) < 4.78 is 23.1. The van der Waals surface area contributed by atoms with E-state index in [-0.39, 0.29) is 17.6 Å². The second kappa shape index (κ2) is 5.41. The lowest BCUT2D eigenvalue weighted by Gasteiger charge is -2.17. The molecule has 0 fully saturated rings. The summed E-state index contributed by atoms with van der Waals surface area (Å²) in [5.41, 5.74) is 1.34. The Hall–Kier alpha value is -1.53. The largest absolute Gasteiger partial charge is 0.494 e. The maximum Gasteiger partial charge on any atom is 0.170 e. The fraction of sp³-hybridized carbons (Fsp3) is 0.333. The van der Waals surface area contributed by atoms with Crippen LogP contribution in [0.4, 0.5) is 4.39 Å². The van der Waals surface area contributed by atoms with Gasteiger partial charge in [-0.25, -0.2) is 4.39 Å². The number of halogens is 1. The molecule has 0 bridgehead atoms. The van der Waals surface area contributed by atoms with E-state index in [0.29, 0.717) is 5.56 Å². The minimum Gasteiger partial charge on any atom is -0.494 e. The van der Waals surface area contributed by atoms with Crippen molar-refractivity contribution in [3.05, 3.63) is 40.2 Å². The SMILES string of the molecule is CNC(c1cccc(OC)c1F)c1snnc1C. The van der Waals surface area contributed by atoms with E-state index in [2.05, 4.69) is 14.9 Å². The van der Waals surface area contributed by atoms with Crippen molar-refractivity contribution in [2.24, 2.45) is 0 Å². The van der Waals surface area contributed by atoms with E-state index in [1.54, 1.807) is 25.2 Å². The predicted molar refractivity (Wildman–Crippen MR) is 68.5 cm³/mol. The van der Waals surface area contributed by atoms with Crippen LogP contribution in [-0.2, 0) is 0 Å². The molecule has 0 saturated carbocycles. The van der Waals surface area contributed by atoms with Crippen molar-refractivity contribution in [1.29, 1.82) is 0 Å². The Bertz CT molecular complexity index is 544. The quantitative estimate of drug-likeness (QED) is 0.923. The van der Waals surface area contributed by atoms with Crippen LogP contribution in [0.1, 0.15) is 22.2 Å². The van der Waals surface area contributed by atoms with Gasteiger partial charge < -0.3 is 10.1 Å². The van der Waals surface area contributed by atoms with Crippen LogP contribution in [0.3, 0.4) is 0 Å². The van der Waals surface area contributed by atoms with Crippen molar-refractivity contribution in [3.63, 3.8) is 0 Å². The second-order valence-electron chi connectivity index (χ2n) is 3.81. The molecule has 18 heavy (non-hydrogen) atoms. The van der Waals surface area contributed by atoms with E-state index in [0.717, 1.165) is 10.6 Å². The Morgan fingerprint density at radius 1 is 1.44 bits per heavy atom. The van der Waals surface area contributed by atoms with Gasteiger partial charge in [-0.1, -0.05) is 16.6 Å². The highest BCUT2D eigenvalue weighted by Crippen LogP contribution is 2.31. The molecule has 1 unspecified atom stereocenters. The van der Waals surface area contributed by atoms with Gasteiger partial charge in [0.2, 0.25) is 0 Å². The monoisotopic (exact) mass is 267 g/mol. The highest BCUT2D eigenvalue weighted by atomic mass is 32.1. The second-order valence-corrected chi connectivity index (χ2v) is 4.59. The molecule has 0 amide bonds. The van der Waals surface area contributed by atoms with Crippen molar-refractivity contribution >= 4 is 11.5 Å². The molecule has 4 nitrogen and oxygen atoms in total. The van der Waals surface area contributed by atoms with Crippen LogP contribution in [0.25, 0.3) is 0 Å². The summed E-state index contributed by atoms with van der Waals surface area (Å²) in [6, 6.07) is 4.84. The first-order chi connectivity index (χ1) is 8.69. The molecule has 6 heteroatoms. The van der Waals surface area contributed by atoms with Crippen LogP contribution in [0.5, 0.6) is 5.75 Å². The molecule has 0 radical (unpaired) electrons. The lowest BCUT2D eigenvalue weighted by atomic mass is 10.0. The standard InChI is InChI=1S/C12H14FN3OS/c1-7-12(18-16-15-7)11(14-2)8-5-4-6-9(17-3)10(8)13/h4-6,11,14H,1-3H3. The van der Waals surface area contributed by atoms with E-state index in [4.69, 9.17) is 4.74 Å². The van der Waals surface area contributed by atoms with Crippen LogP contribution >= 0.6 is 11.5 Å². The molecule has 96 valence electrons. The Balaban J connectivity index is 2.49. The molecule has 1 aromatic carbocycles. The third-order valence-electron chi connectivity index (χ3n) is 2.76. The summed E-state index contributed by atoms with van der Waals surface area (Å²) in [5, 5.41) is 7.05. The molecule has 1 aromatic heterocycles. The van der Waals surface area contributed by atoms with Crippen molar-refractivity contribution in [1.82, 2.24) is 14.9 Å². The Morgan fingerprint density at radius 3 is 2.78 bits per heavy atom. The van der Waals surface area contributed by atoms with E-state index >= 15 is 0 Å². The van der Waals surface area contributed by atoms with Crippen LogP contribution in [-0.4, -0.2) is 23.7 Å². The van der Waals surface area contributed by atoms with Gasteiger partial charge in [0.25, 0.3) is 0 Å². The van der Waals surface area contributed by atoms with Gasteiger partial charge in [-0.15, -0.1) is 5.10 Å². The van der Waals surface area contributed by atoms with Gasteiger partial charge in [-0.05, 0) is 31.6 Å². The summed E-state index contributed by atoms with van der Waals surface area (Å²) in [6.07, 6.45) is 0. The molecule has 0 aliphatic rings. The number of hydrogen-bond acceptors (Lipinski definition) is 5. The molecule has 2 rings (SSSR count). The normalized spacial score (nSPS) is 12.4. The fourth-order valence-corrected chi connectivity index (χ4v) is 2.61. The maximum atomic E-state index is 14.2. The van der Waals surface area contributed by atoms with Gasteiger partial charge in [0.05, 0.1) is 23.7 Å². The van der Waals surface area contributed by atoms with Gasteiger partial charge >= 0.3 is 0 Å². The van der Waals surface area contributed by atoms with Crippen LogP contribution in [0.15, 0.2) is 18.2 Å². The van der Waals surface area contributed by atoms with Crippen LogP contribution in [0, 0.1) is 12.7 Å². The summed E-state index contributed by atoms with van der Waals surface area (Å²) >= 11 is 1.27. The van der Waals surface area contributed by atoms with E-state index in [1.165, 1.54) is 18.6 Å². The van der Waals surface area contributed by atoms with Crippen molar-refractivity contribution in [2.75, 3.05) is 14.2 Å². The predicted octanol–water partition coefficient (Wildman–Crippen LogP) is 2.30. The maximum absolute atomic E-state index is 14.2. The first-order valence-electron chi connectivity index (χ1n) is 5.47. The summed E-state index contributed by atoms with van der Waals surface area (Å²) in [4.78, 5) is 0.907. The molecule has 0 aliphatic heterocycles. The van der Waals surface area contributed by atoms with Gasteiger partial charge in [-0.3, -0.25) is 0 Å². The molecule has 1 heterocycles. The molecule has 1 N–H and O–H groups in total. The van der Waals surface area contributed by atoms with E-state index < -0.39 is 0 Å². The first kappa shape index (κ1) is 12.9.